The largest absolute Gasteiger partial charge is 0.492 e. The molecule has 0 saturated carbocycles. The molecule has 136 valence electrons. The number of amides is 2. The molecule has 0 radical (unpaired) electrons. The van der Waals surface area contributed by atoms with Crippen LogP contribution in [0.1, 0.15) is 6.42 Å². The summed E-state index contributed by atoms with van der Waals surface area (Å²) < 4.78 is 5.40. The van der Waals surface area contributed by atoms with E-state index in [1.807, 2.05) is 6.07 Å². The lowest BCUT2D eigenvalue weighted by atomic mass is 10.1. The third-order valence-corrected chi connectivity index (χ3v) is 4.39. The minimum Gasteiger partial charge on any atom is -0.492 e. The number of nitrogens with zero attached hydrogens (tertiary/aromatic N) is 1. The van der Waals surface area contributed by atoms with E-state index in [-0.39, 0.29) is 11.8 Å². The van der Waals surface area contributed by atoms with Gasteiger partial charge in [0.05, 0.1) is 0 Å². The van der Waals surface area contributed by atoms with E-state index in [9.17, 15) is 9.59 Å². The number of rotatable bonds is 6. The fourth-order valence-electron chi connectivity index (χ4n) is 2.86. The molecule has 7 heteroatoms. The number of anilines is 2. The molecule has 0 bridgehead atoms. The van der Waals surface area contributed by atoms with E-state index in [2.05, 4.69) is 5.32 Å². The van der Waals surface area contributed by atoms with Crippen LogP contribution in [0.5, 0.6) is 5.75 Å². The van der Waals surface area contributed by atoms with Crippen LogP contribution < -0.4 is 20.7 Å². The number of nitrogens with one attached hydrogen (secondary N) is 1. The van der Waals surface area contributed by atoms with Crippen LogP contribution in [-0.4, -0.2) is 31.5 Å². The fraction of sp³-hybridized carbons (Fsp3) is 0.263. The molecule has 2 amide bonds. The normalized spacial score (nSPS) is 16.6. The first-order valence-corrected chi connectivity index (χ1v) is 8.77. The highest BCUT2D eigenvalue weighted by Crippen LogP contribution is 2.28. The minimum absolute atomic E-state index is 0.215. The van der Waals surface area contributed by atoms with Gasteiger partial charge in [-0.2, -0.15) is 0 Å². The second kappa shape index (κ2) is 8.21. The number of hydrogen-bond acceptors (Lipinski definition) is 4. The highest BCUT2D eigenvalue weighted by atomic mass is 35.5. The Labute approximate surface area is 156 Å². The van der Waals surface area contributed by atoms with Gasteiger partial charge in [-0.3, -0.25) is 9.59 Å². The van der Waals surface area contributed by atoms with Gasteiger partial charge in [-0.05, 0) is 48.9 Å². The van der Waals surface area contributed by atoms with Crippen molar-refractivity contribution in [1.29, 1.82) is 0 Å². The van der Waals surface area contributed by atoms with Crippen molar-refractivity contribution in [3.63, 3.8) is 0 Å². The number of hydrogen-bond donors (Lipinski definition) is 2. The van der Waals surface area contributed by atoms with Crippen LogP contribution in [0.25, 0.3) is 0 Å². The van der Waals surface area contributed by atoms with Crippen LogP contribution in [0.2, 0.25) is 5.02 Å². The van der Waals surface area contributed by atoms with E-state index >= 15 is 0 Å². The van der Waals surface area contributed by atoms with Gasteiger partial charge in [0.25, 0.3) is 0 Å². The summed E-state index contributed by atoms with van der Waals surface area (Å²) >= 11 is 5.99. The average molecular weight is 374 g/mol. The topological polar surface area (TPSA) is 84.7 Å². The van der Waals surface area contributed by atoms with E-state index in [0.29, 0.717) is 48.3 Å². The first-order valence-electron chi connectivity index (χ1n) is 8.39. The van der Waals surface area contributed by atoms with Crippen LogP contribution >= 0.6 is 11.6 Å². The van der Waals surface area contributed by atoms with E-state index in [4.69, 9.17) is 22.1 Å². The van der Waals surface area contributed by atoms with Gasteiger partial charge in [0.15, 0.2) is 0 Å². The maximum absolute atomic E-state index is 12.6. The number of carbonyl (C=O) groups excluding carboxylic acids is 2. The predicted octanol–water partition coefficient (Wildman–Crippen LogP) is 2.67. The summed E-state index contributed by atoms with van der Waals surface area (Å²) in [7, 11) is 0. The lowest BCUT2D eigenvalue weighted by molar-refractivity contribution is -0.129. The first kappa shape index (κ1) is 18.2. The van der Waals surface area contributed by atoms with Crippen LogP contribution in [0.3, 0.4) is 0 Å². The molecule has 1 atom stereocenters. The van der Waals surface area contributed by atoms with Crippen LogP contribution in [0.4, 0.5) is 11.4 Å². The van der Waals surface area contributed by atoms with Crippen LogP contribution in [0, 0.1) is 5.92 Å². The van der Waals surface area contributed by atoms with Gasteiger partial charge in [-0.1, -0.05) is 17.7 Å². The molecule has 0 spiro atoms. The number of benzene rings is 2. The molecule has 0 aromatic heterocycles. The van der Waals surface area contributed by atoms with Gasteiger partial charge in [0.1, 0.15) is 18.3 Å². The van der Waals surface area contributed by atoms with Crippen molar-refractivity contribution in [2.75, 3.05) is 29.9 Å². The highest BCUT2D eigenvalue weighted by Gasteiger charge is 2.37. The summed E-state index contributed by atoms with van der Waals surface area (Å²) in [6, 6.07) is 14.0. The summed E-state index contributed by atoms with van der Waals surface area (Å²) in [6.07, 6.45) is 0.467. The Morgan fingerprint density at radius 2 is 2.04 bits per heavy atom. The van der Waals surface area contributed by atoms with Crippen molar-refractivity contribution in [2.45, 2.75) is 6.42 Å². The lowest BCUT2D eigenvalue weighted by Gasteiger charge is -2.17. The Morgan fingerprint density at radius 3 is 2.73 bits per heavy atom. The van der Waals surface area contributed by atoms with E-state index < -0.39 is 5.92 Å². The van der Waals surface area contributed by atoms with Crippen molar-refractivity contribution < 1.29 is 14.3 Å². The number of ether oxygens (including phenoxy) is 1. The zero-order valence-electron chi connectivity index (χ0n) is 14.2. The second-order valence-electron chi connectivity index (χ2n) is 5.96. The Balaban J connectivity index is 1.62. The zero-order chi connectivity index (χ0) is 18.5. The summed E-state index contributed by atoms with van der Waals surface area (Å²) in [5, 5.41) is 3.34. The van der Waals surface area contributed by atoms with Crippen molar-refractivity contribution in [2.24, 2.45) is 11.7 Å². The Kier molecular flexibility index (Phi) is 5.75. The second-order valence-corrected chi connectivity index (χ2v) is 6.40. The molecule has 1 aliphatic rings. The maximum Gasteiger partial charge on any atom is 0.239 e. The van der Waals surface area contributed by atoms with E-state index in [1.165, 1.54) is 0 Å². The predicted molar refractivity (Wildman–Crippen MR) is 102 cm³/mol. The summed E-state index contributed by atoms with van der Waals surface area (Å²) in [6.45, 7) is 1.36. The van der Waals surface area contributed by atoms with E-state index in [0.717, 1.165) is 0 Å². The average Bonchev–Trinajstić information content (AvgIpc) is 3.03. The SMILES string of the molecule is NCCOc1ccc(NC(=O)C2CCN(c3cccc(Cl)c3)C2=O)cc1. The third-order valence-electron chi connectivity index (χ3n) is 4.15. The van der Waals surface area contributed by atoms with Crippen LogP contribution in [-0.2, 0) is 9.59 Å². The van der Waals surface area contributed by atoms with Crippen molar-refractivity contribution in [1.82, 2.24) is 0 Å². The number of nitrogens with two attached hydrogens (primary N) is 1. The van der Waals surface area contributed by atoms with Gasteiger partial charge in [-0.25, -0.2) is 0 Å². The van der Waals surface area contributed by atoms with Gasteiger partial charge < -0.3 is 20.7 Å². The van der Waals surface area contributed by atoms with Crippen molar-refractivity contribution in [3.8, 4) is 5.75 Å². The smallest absolute Gasteiger partial charge is 0.239 e. The Morgan fingerprint density at radius 1 is 1.27 bits per heavy atom. The van der Waals surface area contributed by atoms with Gasteiger partial charge in [0.2, 0.25) is 11.8 Å². The molecule has 26 heavy (non-hydrogen) atoms. The molecule has 2 aromatic carbocycles. The van der Waals surface area contributed by atoms with Gasteiger partial charge in [-0.15, -0.1) is 0 Å². The molecule has 6 nitrogen and oxygen atoms in total. The molecule has 1 unspecified atom stereocenters. The summed E-state index contributed by atoms with van der Waals surface area (Å²) in [5.41, 5.74) is 6.71. The van der Waals surface area contributed by atoms with Crippen molar-refractivity contribution in [3.05, 3.63) is 53.6 Å². The molecule has 3 N–H and O–H groups in total. The lowest BCUT2D eigenvalue weighted by Crippen LogP contribution is -2.33. The molecule has 1 heterocycles. The fourth-order valence-corrected chi connectivity index (χ4v) is 3.05. The molecular weight excluding hydrogens is 354 g/mol. The minimum atomic E-state index is -0.706. The molecule has 2 aromatic rings. The molecule has 0 aliphatic carbocycles. The number of halogens is 1. The Hall–Kier alpha value is -2.57. The molecule has 1 aliphatic heterocycles. The highest BCUT2D eigenvalue weighted by molar-refractivity contribution is 6.31. The quantitative estimate of drug-likeness (QED) is 0.762. The summed E-state index contributed by atoms with van der Waals surface area (Å²) in [5.74, 6) is -0.553. The molecule has 1 saturated heterocycles. The molecule has 1 fully saturated rings. The summed E-state index contributed by atoms with van der Waals surface area (Å²) in [4.78, 5) is 26.7. The standard InChI is InChI=1S/C19H20ClN3O3/c20-13-2-1-3-15(12-13)23-10-8-17(19(23)25)18(24)22-14-4-6-16(7-5-14)26-11-9-21/h1-7,12,17H,8-11,21H2,(H,22,24). The monoisotopic (exact) mass is 373 g/mol. The zero-order valence-corrected chi connectivity index (χ0v) is 14.9. The molecule has 3 rings (SSSR count). The van der Waals surface area contributed by atoms with Crippen molar-refractivity contribution >= 4 is 34.8 Å². The molecular formula is C19H20ClN3O3. The van der Waals surface area contributed by atoms with Gasteiger partial charge >= 0.3 is 0 Å². The van der Waals surface area contributed by atoms with Gasteiger partial charge in [0, 0.05) is 29.5 Å². The van der Waals surface area contributed by atoms with Crippen LogP contribution in [0.15, 0.2) is 48.5 Å². The van der Waals surface area contributed by atoms with E-state index in [1.54, 1.807) is 47.4 Å². The maximum atomic E-state index is 12.6. The third kappa shape index (κ3) is 4.15. The number of carbonyl (C=O) groups is 2. The first-order chi connectivity index (χ1) is 12.6. The Bertz CT molecular complexity index is 795.